The zero-order valence-electron chi connectivity index (χ0n) is 8.39. The fourth-order valence-electron chi connectivity index (χ4n) is 1.16. The van der Waals surface area contributed by atoms with E-state index in [-0.39, 0.29) is 16.8 Å². The first kappa shape index (κ1) is 11.7. The van der Waals surface area contributed by atoms with Gasteiger partial charge in [-0.25, -0.2) is 9.59 Å². The Hall–Kier alpha value is -2.37. The lowest BCUT2D eigenvalue weighted by Gasteiger charge is -1.95. The van der Waals surface area contributed by atoms with Crippen molar-refractivity contribution in [1.82, 2.24) is 0 Å². The minimum absolute atomic E-state index is 0.183. The number of ether oxygens (including phenoxy) is 1. The Labute approximate surface area is 90.6 Å². The Morgan fingerprint density at radius 1 is 1.31 bits per heavy atom. The van der Waals surface area contributed by atoms with Crippen molar-refractivity contribution in [3.05, 3.63) is 29.3 Å². The van der Waals surface area contributed by atoms with E-state index in [9.17, 15) is 9.59 Å². The molecule has 0 radical (unpaired) electrons. The van der Waals surface area contributed by atoms with Crippen molar-refractivity contribution in [3.63, 3.8) is 0 Å². The van der Waals surface area contributed by atoms with Crippen LogP contribution in [-0.4, -0.2) is 23.0 Å². The van der Waals surface area contributed by atoms with Crippen LogP contribution in [0.4, 0.5) is 5.69 Å². The Kier molecular flexibility index (Phi) is 3.24. The second-order valence-electron chi connectivity index (χ2n) is 2.97. The quantitative estimate of drug-likeness (QED) is 0.380. The molecule has 1 heterocycles. The number of hydrogen-bond acceptors (Lipinski definition) is 5. The number of nitrogens with two attached hydrogens (primary N) is 1. The first-order valence-corrected chi connectivity index (χ1v) is 4.28. The maximum absolute atomic E-state index is 11.0. The number of carboxylic acid groups (broad SMARTS) is 1. The molecular formula is C10H9NO5. The molecule has 0 saturated heterocycles. The number of carboxylic acids is 1. The van der Waals surface area contributed by atoms with Crippen LogP contribution in [0.3, 0.4) is 0 Å². The fourth-order valence-corrected chi connectivity index (χ4v) is 1.16. The van der Waals surface area contributed by atoms with E-state index < -0.39 is 17.9 Å². The van der Waals surface area contributed by atoms with E-state index in [0.29, 0.717) is 0 Å². The lowest BCUT2D eigenvalue weighted by molar-refractivity contribution is -0.134. The van der Waals surface area contributed by atoms with Gasteiger partial charge < -0.3 is 15.6 Å². The maximum atomic E-state index is 11.0. The summed E-state index contributed by atoms with van der Waals surface area (Å²) in [5.41, 5.74) is 6.19. The lowest BCUT2D eigenvalue weighted by Crippen LogP contribution is -1.99. The van der Waals surface area contributed by atoms with Gasteiger partial charge in [0, 0.05) is 12.6 Å². The van der Waals surface area contributed by atoms with Crippen LogP contribution in [0.2, 0.25) is 0 Å². The van der Waals surface area contributed by atoms with E-state index in [4.69, 9.17) is 15.6 Å². The van der Waals surface area contributed by atoms with Crippen LogP contribution in [0.15, 0.2) is 18.2 Å². The number of esters is 2. The molecule has 1 aromatic rings. The van der Waals surface area contributed by atoms with Gasteiger partial charge in [0.1, 0.15) is 0 Å². The number of benzene rings is 1. The first-order chi connectivity index (χ1) is 7.43. The van der Waals surface area contributed by atoms with E-state index in [1.54, 1.807) is 12.1 Å². The minimum atomic E-state index is -0.833. The molecule has 0 bridgehead atoms. The highest BCUT2D eigenvalue weighted by Crippen LogP contribution is 2.24. The van der Waals surface area contributed by atoms with Crippen LogP contribution in [0, 0.1) is 0 Å². The van der Waals surface area contributed by atoms with Crippen molar-refractivity contribution in [3.8, 4) is 0 Å². The molecule has 0 saturated carbocycles. The van der Waals surface area contributed by atoms with Gasteiger partial charge in [-0.2, -0.15) is 0 Å². The number of cyclic esters (lactones) is 2. The molecule has 6 heteroatoms. The van der Waals surface area contributed by atoms with E-state index in [1.165, 1.54) is 6.07 Å². The summed E-state index contributed by atoms with van der Waals surface area (Å²) in [6, 6.07) is 4.67. The highest BCUT2D eigenvalue weighted by atomic mass is 16.6. The molecule has 0 aromatic heterocycles. The topological polar surface area (TPSA) is 107 Å². The van der Waals surface area contributed by atoms with Gasteiger partial charge in [0.2, 0.25) is 0 Å². The van der Waals surface area contributed by atoms with Gasteiger partial charge in [0.15, 0.2) is 0 Å². The molecular weight excluding hydrogens is 214 g/mol. The Bertz CT molecular complexity index is 462. The molecule has 0 atom stereocenters. The van der Waals surface area contributed by atoms with Crippen molar-refractivity contribution < 1.29 is 24.2 Å². The monoisotopic (exact) mass is 223 g/mol. The maximum Gasteiger partial charge on any atom is 0.349 e. The van der Waals surface area contributed by atoms with Gasteiger partial charge in [0.25, 0.3) is 5.97 Å². The number of anilines is 1. The second-order valence-corrected chi connectivity index (χ2v) is 2.97. The highest BCUT2D eigenvalue weighted by Gasteiger charge is 2.31. The zero-order valence-corrected chi connectivity index (χ0v) is 8.39. The Balaban J connectivity index is 0.000000280. The van der Waals surface area contributed by atoms with E-state index in [0.717, 1.165) is 6.92 Å². The van der Waals surface area contributed by atoms with Gasteiger partial charge >= 0.3 is 11.9 Å². The Morgan fingerprint density at radius 2 is 1.88 bits per heavy atom. The molecule has 1 aliphatic rings. The van der Waals surface area contributed by atoms with Gasteiger partial charge in [-0.1, -0.05) is 6.07 Å². The molecule has 84 valence electrons. The number of nitrogen functional groups attached to an aromatic ring is 1. The molecule has 1 aromatic carbocycles. The van der Waals surface area contributed by atoms with Crippen LogP contribution < -0.4 is 5.73 Å². The predicted molar refractivity (Wildman–Crippen MR) is 53.9 cm³/mol. The van der Waals surface area contributed by atoms with Crippen molar-refractivity contribution in [1.29, 1.82) is 0 Å². The largest absolute Gasteiger partial charge is 0.481 e. The van der Waals surface area contributed by atoms with Gasteiger partial charge in [-0.3, -0.25) is 4.79 Å². The number of hydrogen-bond donors (Lipinski definition) is 2. The average molecular weight is 223 g/mol. The summed E-state index contributed by atoms with van der Waals surface area (Å²) < 4.78 is 4.35. The number of aliphatic carboxylic acids is 1. The van der Waals surface area contributed by atoms with Crippen molar-refractivity contribution >= 4 is 23.6 Å². The number of fused-ring (bicyclic) bond motifs is 1. The van der Waals surface area contributed by atoms with Crippen LogP contribution in [-0.2, 0) is 9.53 Å². The fraction of sp³-hybridized carbons (Fsp3) is 0.100. The summed E-state index contributed by atoms with van der Waals surface area (Å²) >= 11 is 0. The highest BCUT2D eigenvalue weighted by molar-refractivity contribution is 6.17. The third-order valence-corrected chi connectivity index (χ3v) is 1.71. The summed E-state index contributed by atoms with van der Waals surface area (Å²) in [4.78, 5) is 30.9. The molecule has 0 amide bonds. The van der Waals surface area contributed by atoms with Crippen LogP contribution in [0.1, 0.15) is 27.6 Å². The number of carbonyl (C=O) groups excluding carboxylic acids is 2. The molecule has 3 N–H and O–H groups in total. The van der Waals surface area contributed by atoms with Crippen molar-refractivity contribution in [2.75, 3.05) is 5.73 Å². The molecule has 0 unspecified atom stereocenters. The Morgan fingerprint density at radius 3 is 2.38 bits per heavy atom. The summed E-state index contributed by atoms with van der Waals surface area (Å²) in [5.74, 6) is -2.12. The first-order valence-electron chi connectivity index (χ1n) is 4.28. The normalized spacial score (nSPS) is 12.3. The molecule has 2 rings (SSSR count). The smallest absolute Gasteiger partial charge is 0.349 e. The predicted octanol–water partition coefficient (Wildman–Crippen LogP) is 0.670. The third-order valence-electron chi connectivity index (χ3n) is 1.71. The molecule has 16 heavy (non-hydrogen) atoms. The summed E-state index contributed by atoms with van der Waals surface area (Å²) in [7, 11) is 0. The molecule has 6 nitrogen and oxygen atoms in total. The van der Waals surface area contributed by atoms with Crippen molar-refractivity contribution in [2.45, 2.75) is 6.92 Å². The third kappa shape index (κ3) is 2.35. The average Bonchev–Trinajstić information content (AvgIpc) is 2.43. The van der Waals surface area contributed by atoms with Crippen LogP contribution in [0.25, 0.3) is 0 Å². The van der Waals surface area contributed by atoms with Crippen LogP contribution >= 0.6 is 0 Å². The summed E-state index contributed by atoms with van der Waals surface area (Å²) in [6.45, 7) is 1.08. The SMILES string of the molecule is CC(=O)O.Nc1cccc2c1C(=O)OC2=O. The summed E-state index contributed by atoms with van der Waals surface area (Å²) in [5, 5.41) is 7.42. The molecule has 1 aliphatic heterocycles. The standard InChI is InChI=1S/C8H5NO3.C2H4O2/c9-5-3-1-2-4-6(5)8(11)12-7(4)10;1-2(3)4/h1-3H,9H2;1H3,(H,3,4). The van der Waals surface area contributed by atoms with Crippen LogP contribution in [0.5, 0.6) is 0 Å². The van der Waals surface area contributed by atoms with E-state index in [2.05, 4.69) is 4.74 Å². The molecule has 0 spiro atoms. The molecule has 0 fully saturated rings. The number of rotatable bonds is 0. The van der Waals surface area contributed by atoms with Gasteiger partial charge in [-0.05, 0) is 12.1 Å². The lowest BCUT2D eigenvalue weighted by atomic mass is 10.1. The zero-order chi connectivity index (χ0) is 12.3. The van der Waals surface area contributed by atoms with E-state index >= 15 is 0 Å². The summed E-state index contributed by atoms with van der Waals surface area (Å²) in [6.07, 6.45) is 0. The van der Waals surface area contributed by atoms with E-state index in [1.807, 2.05) is 0 Å². The minimum Gasteiger partial charge on any atom is -0.481 e. The number of carbonyl (C=O) groups is 3. The van der Waals surface area contributed by atoms with Gasteiger partial charge in [-0.15, -0.1) is 0 Å². The van der Waals surface area contributed by atoms with Gasteiger partial charge in [0.05, 0.1) is 11.1 Å². The van der Waals surface area contributed by atoms with Crippen molar-refractivity contribution in [2.24, 2.45) is 0 Å². The second kappa shape index (κ2) is 4.43. The molecule has 0 aliphatic carbocycles.